The van der Waals surface area contributed by atoms with Crippen molar-refractivity contribution in [2.24, 2.45) is 10.2 Å². The number of benzene rings is 1. The summed E-state index contributed by atoms with van der Waals surface area (Å²) in [7, 11) is 0. The molecule has 8 nitrogen and oxygen atoms in total. The number of hydrogen-bond donors (Lipinski definition) is 0. The molecule has 0 amide bonds. The van der Waals surface area contributed by atoms with Gasteiger partial charge in [0.15, 0.2) is 0 Å². The highest BCUT2D eigenvalue weighted by Gasteiger charge is 2.30. The van der Waals surface area contributed by atoms with Crippen LogP contribution in [0.15, 0.2) is 34.5 Å². The molecular formula is C14H15F3N6O2. The molecule has 25 heavy (non-hydrogen) atoms. The van der Waals surface area contributed by atoms with Crippen molar-refractivity contribution in [1.29, 1.82) is 0 Å². The topological polar surface area (TPSA) is 124 Å². The third kappa shape index (κ3) is 7.47. The van der Waals surface area contributed by atoms with Gasteiger partial charge in [-0.15, -0.1) is 0 Å². The van der Waals surface area contributed by atoms with Crippen LogP contribution in [0.25, 0.3) is 20.9 Å². The minimum atomic E-state index is -4.46. The van der Waals surface area contributed by atoms with Crippen molar-refractivity contribution in [3.8, 4) is 0 Å². The molecule has 0 spiro atoms. The van der Waals surface area contributed by atoms with Gasteiger partial charge in [-0.1, -0.05) is 10.2 Å². The molecule has 0 bridgehead atoms. The van der Waals surface area contributed by atoms with Crippen molar-refractivity contribution in [3.05, 3.63) is 56.3 Å². The van der Waals surface area contributed by atoms with Gasteiger partial charge in [0, 0.05) is 22.4 Å². The number of halogens is 3. The first-order chi connectivity index (χ1) is 11.9. The summed E-state index contributed by atoms with van der Waals surface area (Å²) in [6, 6.07) is 3.28. The standard InChI is InChI=1S/C14H15F3N6O2/c15-14(16,17)11-6-4-10(5-7-11)13(24)25-8-2-1-3-12(21-23-19)9-20-22-18/h4-7,12H,1-3,8-9H2. The van der Waals surface area contributed by atoms with Gasteiger partial charge < -0.3 is 4.74 Å². The van der Waals surface area contributed by atoms with Crippen LogP contribution < -0.4 is 0 Å². The quantitative estimate of drug-likeness (QED) is 0.202. The first-order valence-electron chi connectivity index (χ1n) is 7.28. The Labute approximate surface area is 140 Å². The molecule has 0 aliphatic carbocycles. The molecule has 1 atom stereocenters. The summed E-state index contributed by atoms with van der Waals surface area (Å²) in [4.78, 5) is 17.0. The number of carbonyl (C=O) groups is 1. The van der Waals surface area contributed by atoms with E-state index in [2.05, 4.69) is 20.1 Å². The Morgan fingerprint density at radius 2 is 1.84 bits per heavy atom. The summed E-state index contributed by atoms with van der Waals surface area (Å²) in [5.74, 6) is -0.714. The zero-order valence-electron chi connectivity index (χ0n) is 13.1. The lowest BCUT2D eigenvalue weighted by Crippen LogP contribution is -2.10. The Hall–Kier alpha value is -2.90. The van der Waals surface area contributed by atoms with E-state index in [0.29, 0.717) is 19.3 Å². The lowest BCUT2D eigenvalue weighted by molar-refractivity contribution is -0.137. The Morgan fingerprint density at radius 3 is 2.40 bits per heavy atom. The molecule has 0 radical (unpaired) electrons. The van der Waals surface area contributed by atoms with Gasteiger partial charge in [0.1, 0.15) is 0 Å². The predicted octanol–water partition coefficient (Wildman–Crippen LogP) is 5.02. The van der Waals surface area contributed by atoms with Crippen molar-refractivity contribution in [2.75, 3.05) is 13.2 Å². The number of hydrogen-bond acceptors (Lipinski definition) is 4. The fourth-order valence-electron chi connectivity index (χ4n) is 1.91. The number of carbonyl (C=O) groups excluding carboxylic acids is 1. The third-order valence-electron chi connectivity index (χ3n) is 3.18. The van der Waals surface area contributed by atoms with Crippen LogP contribution in [-0.2, 0) is 10.9 Å². The molecule has 11 heteroatoms. The maximum atomic E-state index is 12.4. The lowest BCUT2D eigenvalue weighted by atomic mass is 10.1. The highest BCUT2D eigenvalue weighted by Crippen LogP contribution is 2.29. The summed E-state index contributed by atoms with van der Waals surface area (Å²) in [6.45, 7) is 0.121. The molecule has 0 saturated carbocycles. The molecular weight excluding hydrogens is 341 g/mol. The second-order valence-corrected chi connectivity index (χ2v) is 4.98. The predicted molar refractivity (Wildman–Crippen MR) is 82.5 cm³/mol. The van der Waals surface area contributed by atoms with E-state index in [-0.39, 0.29) is 18.7 Å². The molecule has 0 aliphatic rings. The number of rotatable bonds is 9. The summed E-state index contributed by atoms with van der Waals surface area (Å²) in [5.41, 5.74) is 15.8. The highest BCUT2D eigenvalue weighted by atomic mass is 19.4. The van der Waals surface area contributed by atoms with Crippen LogP contribution >= 0.6 is 0 Å². The molecule has 0 heterocycles. The SMILES string of the molecule is [N-]=[N+]=NCC(CCCCOC(=O)c1ccc(C(F)(F)F)cc1)N=[N+]=[N-]. The van der Waals surface area contributed by atoms with Crippen LogP contribution in [0.2, 0.25) is 0 Å². The molecule has 0 saturated heterocycles. The molecule has 1 rings (SSSR count). The van der Waals surface area contributed by atoms with Crippen LogP contribution in [0.5, 0.6) is 0 Å². The van der Waals surface area contributed by atoms with Crippen molar-refractivity contribution in [1.82, 2.24) is 0 Å². The zero-order chi connectivity index (χ0) is 18.7. The van der Waals surface area contributed by atoms with Gasteiger partial charge in [0.2, 0.25) is 0 Å². The van der Waals surface area contributed by atoms with Crippen molar-refractivity contribution >= 4 is 5.97 Å². The lowest BCUT2D eigenvalue weighted by Gasteiger charge is -2.09. The van der Waals surface area contributed by atoms with Crippen LogP contribution in [-0.4, -0.2) is 25.2 Å². The number of esters is 1. The van der Waals surface area contributed by atoms with E-state index in [1.54, 1.807) is 0 Å². The van der Waals surface area contributed by atoms with Gasteiger partial charge in [0.05, 0.1) is 17.7 Å². The second-order valence-electron chi connectivity index (χ2n) is 4.98. The Morgan fingerprint density at radius 1 is 1.16 bits per heavy atom. The third-order valence-corrected chi connectivity index (χ3v) is 3.18. The van der Waals surface area contributed by atoms with Gasteiger partial charge >= 0.3 is 12.1 Å². The summed E-state index contributed by atoms with van der Waals surface area (Å²) >= 11 is 0. The monoisotopic (exact) mass is 356 g/mol. The molecule has 0 fully saturated rings. The van der Waals surface area contributed by atoms with Gasteiger partial charge in [-0.05, 0) is 54.6 Å². The highest BCUT2D eigenvalue weighted by molar-refractivity contribution is 5.89. The maximum Gasteiger partial charge on any atom is 0.416 e. The molecule has 1 aromatic carbocycles. The largest absolute Gasteiger partial charge is 0.462 e. The summed E-state index contributed by atoms with van der Waals surface area (Å²) in [6.07, 6.45) is -2.97. The van der Waals surface area contributed by atoms with Crippen LogP contribution in [0, 0.1) is 0 Å². The molecule has 1 unspecified atom stereocenters. The Kier molecular flexibility index (Phi) is 8.11. The van der Waals surface area contributed by atoms with Gasteiger partial charge in [-0.3, -0.25) is 0 Å². The average molecular weight is 356 g/mol. The van der Waals surface area contributed by atoms with Gasteiger partial charge in [-0.25, -0.2) is 4.79 Å². The van der Waals surface area contributed by atoms with Crippen molar-refractivity contribution in [3.63, 3.8) is 0 Å². The average Bonchev–Trinajstić information content (AvgIpc) is 2.58. The van der Waals surface area contributed by atoms with Crippen LogP contribution in [0.1, 0.15) is 35.2 Å². The minimum absolute atomic E-state index is 0.0308. The number of ether oxygens (including phenoxy) is 1. The molecule has 0 aromatic heterocycles. The smallest absolute Gasteiger partial charge is 0.416 e. The zero-order valence-corrected chi connectivity index (χ0v) is 13.1. The van der Waals surface area contributed by atoms with E-state index in [0.717, 1.165) is 24.3 Å². The van der Waals surface area contributed by atoms with E-state index in [4.69, 9.17) is 15.8 Å². The van der Waals surface area contributed by atoms with E-state index in [1.807, 2.05) is 0 Å². The first-order valence-corrected chi connectivity index (χ1v) is 7.28. The number of alkyl halides is 3. The number of unbranched alkanes of at least 4 members (excludes halogenated alkanes) is 1. The van der Waals surface area contributed by atoms with E-state index in [1.165, 1.54) is 0 Å². The van der Waals surface area contributed by atoms with E-state index in [9.17, 15) is 18.0 Å². The number of nitrogens with zero attached hydrogens (tertiary/aromatic N) is 6. The fourth-order valence-corrected chi connectivity index (χ4v) is 1.91. The van der Waals surface area contributed by atoms with Crippen molar-refractivity contribution in [2.45, 2.75) is 31.5 Å². The minimum Gasteiger partial charge on any atom is -0.462 e. The van der Waals surface area contributed by atoms with E-state index < -0.39 is 23.8 Å². The molecule has 134 valence electrons. The van der Waals surface area contributed by atoms with Crippen LogP contribution in [0.3, 0.4) is 0 Å². The fraction of sp³-hybridized carbons (Fsp3) is 0.500. The van der Waals surface area contributed by atoms with Gasteiger partial charge in [-0.2, -0.15) is 13.2 Å². The van der Waals surface area contributed by atoms with Crippen molar-refractivity contribution < 1.29 is 22.7 Å². The summed E-state index contributed by atoms with van der Waals surface area (Å²) in [5, 5.41) is 6.82. The Balaban J connectivity index is 2.37. The van der Waals surface area contributed by atoms with Crippen LogP contribution in [0.4, 0.5) is 13.2 Å². The number of azide groups is 2. The Bertz CT molecular complexity index is 664. The summed E-state index contributed by atoms with van der Waals surface area (Å²) < 4.78 is 42.3. The maximum absolute atomic E-state index is 12.4. The second kappa shape index (κ2) is 10.1. The molecule has 1 aromatic rings. The first kappa shape index (κ1) is 20.1. The molecule has 0 N–H and O–H groups in total. The van der Waals surface area contributed by atoms with E-state index >= 15 is 0 Å². The molecule has 0 aliphatic heterocycles. The van der Waals surface area contributed by atoms with Gasteiger partial charge in [0.25, 0.3) is 0 Å². The normalized spacial score (nSPS) is 11.8.